The molecule has 4 rings (SSSR count). The maximum absolute atomic E-state index is 13.9. The molecule has 1 amide bonds. The molecule has 0 aromatic carbocycles. The van der Waals surface area contributed by atoms with E-state index in [1.807, 2.05) is 24.4 Å². The van der Waals surface area contributed by atoms with Crippen molar-refractivity contribution in [2.75, 3.05) is 11.9 Å². The summed E-state index contributed by atoms with van der Waals surface area (Å²) in [5, 5.41) is 9.17. The highest BCUT2D eigenvalue weighted by atomic mass is 79.9. The van der Waals surface area contributed by atoms with Crippen LogP contribution >= 0.6 is 27.3 Å². The Kier molecular flexibility index (Phi) is 5.67. The van der Waals surface area contributed by atoms with Crippen LogP contribution in [0.4, 0.5) is 19.0 Å². The lowest BCUT2D eigenvalue weighted by molar-refractivity contribution is -0.173. The second-order valence-electron chi connectivity index (χ2n) is 7.52. The number of rotatable bonds is 3. The van der Waals surface area contributed by atoms with Gasteiger partial charge in [-0.2, -0.15) is 18.3 Å². The van der Waals surface area contributed by atoms with Crippen molar-refractivity contribution in [3.05, 3.63) is 32.6 Å². The van der Waals surface area contributed by atoms with Gasteiger partial charge in [0.2, 0.25) is 0 Å². The second-order valence-corrected chi connectivity index (χ2v) is 9.29. The molecule has 4 heterocycles. The van der Waals surface area contributed by atoms with Gasteiger partial charge in [0.15, 0.2) is 11.7 Å². The van der Waals surface area contributed by atoms with Crippen molar-refractivity contribution in [2.24, 2.45) is 0 Å². The van der Waals surface area contributed by atoms with E-state index in [9.17, 15) is 18.0 Å². The Bertz CT molecular complexity index is 883. The van der Waals surface area contributed by atoms with Gasteiger partial charge < -0.3 is 10.2 Å². The van der Waals surface area contributed by atoms with E-state index in [0.29, 0.717) is 11.0 Å². The number of fused-ring (bicyclic) bond motifs is 1. The Balaban J connectivity index is 1.72. The van der Waals surface area contributed by atoms with Crippen molar-refractivity contribution in [1.82, 2.24) is 14.7 Å². The number of amides is 1. The Labute approximate surface area is 179 Å². The minimum atomic E-state index is -4.46. The van der Waals surface area contributed by atoms with E-state index in [4.69, 9.17) is 0 Å². The fourth-order valence-electron chi connectivity index (χ4n) is 4.23. The summed E-state index contributed by atoms with van der Waals surface area (Å²) in [6.07, 6.45) is -0.936. The topological polar surface area (TPSA) is 50.2 Å². The normalized spacial score (nSPS) is 24.9. The first-order valence-corrected chi connectivity index (χ1v) is 11.4. The van der Waals surface area contributed by atoms with Gasteiger partial charge in [-0.15, -0.1) is 11.3 Å². The summed E-state index contributed by atoms with van der Waals surface area (Å²) in [4.78, 5) is 15.8. The molecule has 0 spiro atoms. The van der Waals surface area contributed by atoms with E-state index in [2.05, 4.69) is 26.3 Å². The number of nitrogens with one attached hydrogen (secondary N) is 1. The Morgan fingerprint density at radius 1 is 1.41 bits per heavy atom. The summed E-state index contributed by atoms with van der Waals surface area (Å²) in [5.74, 6) is -0.0916. The van der Waals surface area contributed by atoms with Crippen molar-refractivity contribution in [1.29, 1.82) is 0 Å². The highest BCUT2D eigenvalue weighted by Gasteiger charge is 2.48. The molecule has 2 aromatic heterocycles. The number of nitrogens with zero attached hydrogens (tertiary/aromatic N) is 3. The van der Waals surface area contributed by atoms with E-state index in [1.165, 1.54) is 11.3 Å². The third kappa shape index (κ3) is 3.81. The molecule has 2 aliphatic rings. The van der Waals surface area contributed by atoms with Crippen molar-refractivity contribution in [3.8, 4) is 0 Å². The maximum atomic E-state index is 13.9. The number of piperidine rings is 1. The third-order valence-corrected chi connectivity index (χ3v) is 7.48. The maximum Gasteiger partial charge on any atom is 0.410 e. The fourth-order valence-corrected chi connectivity index (χ4v) is 5.57. The van der Waals surface area contributed by atoms with Crippen molar-refractivity contribution >= 4 is 39.0 Å². The Morgan fingerprint density at radius 2 is 2.21 bits per heavy atom. The average molecular weight is 491 g/mol. The fraction of sp³-hybridized carbons (Fsp3) is 0.579. The molecule has 3 atom stereocenters. The summed E-state index contributed by atoms with van der Waals surface area (Å²) in [6.45, 7) is 2.64. The highest BCUT2D eigenvalue weighted by molar-refractivity contribution is 9.10. The number of alkyl halides is 3. The molecule has 1 N–H and O–H groups in total. The number of likely N-dealkylation sites (tertiary alicyclic amines) is 1. The highest BCUT2D eigenvalue weighted by Crippen LogP contribution is 2.47. The summed E-state index contributed by atoms with van der Waals surface area (Å²) in [5.41, 5.74) is 0.0499. The van der Waals surface area contributed by atoms with Gasteiger partial charge in [-0.1, -0.05) is 13.0 Å². The number of hydrogen-bond acceptors (Lipinski definition) is 4. The molecule has 1 saturated heterocycles. The lowest BCUT2D eigenvalue weighted by atomic mass is 9.99. The van der Waals surface area contributed by atoms with E-state index < -0.39 is 18.3 Å². The van der Waals surface area contributed by atoms with Gasteiger partial charge in [-0.3, -0.25) is 4.79 Å². The molecule has 5 nitrogen and oxygen atoms in total. The van der Waals surface area contributed by atoms with Crippen LogP contribution in [0.1, 0.15) is 66.5 Å². The quantitative estimate of drug-likeness (QED) is 0.593. The van der Waals surface area contributed by atoms with Crippen LogP contribution in [-0.2, 0) is 0 Å². The van der Waals surface area contributed by atoms with Crippen LogP contribution in [0.15, 0.2) is 22.0 Å². The molecule has 2 aliphatic heterocycles. The van der Waals surface area contributed by atoms with E-state index >= 15 is 0 Å². The molecule has 0 unspecified atom stereocenters. The molecular weight excluding hydrogens is 469 g/mol. The first-order chi connectivity index (χ1) is 13.8. The first kappa shape index (κ1) is 20.7. The Morgan fingerprint density at radius 3 is 2.86 bits per heavy atom. The Hall–Kier alpha value is -1.55. The molecule has 0 radical (unpaired) electrons. The number of carbonyl (C=O) groups is 1. The summed E-state index contributed by atoms with van der Waals surface area (Å²) in [6, 6.07) is 1.48. The van der Waals surface area contributed by atoms with Crippen LogP contribution in [0.25, 0.3) is 0 Å². The van der Waals surface area contributed by atoms with Crippen LogP contribution in [0.2, 0.25) is 0 Å². The molecule has 29 heavy (non-hydrogen) atoms. The van der Waals surface area contributed by atoms with Gasteiger partial charge in [-0.05, 0) is 53.1 Å². The zero-order chi connectivity index (χ0) is 20.8. The summed E-state index contributed by atoms with van der Waals surface area (Å²) in [7, 11) is 0. The first-order valence-electron chi connectivity index (χ1n) is 9.76. The van der Waals surface area contributed by atoms with Crippen molar-refractivity contribution < 1.29 is 18.0 Å². The van der Waals surface area contributed by atoms with Crippen molar-refractivity contribution in [3.63, 3.8) is 0 Å². The molecule has 0 saturated carbocycles. The van der Waals surface area contributed by atoms with Gasteiger partial charge in [0, 0.05) is 23.9 Å². The molecule has 1 fully saturated rings. The molecule has 2 aromatic rings. The minimum absolute atomic E-state index is 0.0499. The second kappa shape index (κ2) is 7.94. The molecule has 0 aliphatic carbocycles. The van der Waals surface area contributed by atoms with Crippen LogP contribution in [0.5, 0.6) is 0 Å². The van der Waals surface area contributed by atoms with Crippen LogP contribution in [-0.4, -0.2) is 39.4 Å². The summed E-state index contributed by atoms with van der Waals surface area (Å²) >= 11 is 4.79. The number of halogens is 4. The average Bonchev–Trinajstić information content (AvgIpc) is 3.34. The van der Waals surface area contributed by atoms with Gasteiger partial charge >= 0.3 is 6.18 Å². The number of anilines is 1. The zero-order valence-corrected chi connectivity index (χ0v) is 18.3. The van der Waals surface area contributed by atoms with Gasteiger partial charge in [0.1, 0.15) is 5.82 Å². The van der Waals surface area contributed by atoms with E-state index in [0.717, 1.165) is 35.2 Å². The number of carbonyl (C=O) groups excluding carboxylic acids is 1. The van der Waals surface area contributed by atoms with E-state index in [-0.39, 0.29) is 29.9 Å². The van der Waals surface area contributed by atoms with Crippen LogP contribution in [0.3, 0.4) is 0 Å². The number of aromatic nitrogens is 2. The molecule has 158 valence electrons. The number of thiophene rings is 1. The van der Waals surface area contributed by atoms with E-state index in [1.54, 1.807) is 4.90 Å². The summed E-state index contributed by atoms with van der Waals surface area (Å²) < 4.78 is 42.8. The van der Waals surface area contributed by atoms with Gasteiger partial charge in [-0.25, -0.2) is 4.68 Å². The predicted octanol–water partition coefficient (Wildman–Crippen LogP) is 5.77. The monoisotopic (exact) mass is 490 g/mol. The molecule has 10 heteroatoms. The predicted molar refractivity (Wildman–Crippen MR) is 109 cm³/mol. The standard InChI is InChI=1S/C19H22BrF3N4OS/c1-2-11-6-3-4-8-26(11)18(28)16-15(20)17-24-12(13-7-5-9-29-13)10-14(19(21,22)23)27(17)25-16/h5,7,9,11-12,14,24H,2-4,6,8,10H2,1H3/t11-,12-,14+/m1/s1. The minimum Gasteiger partial charge on any atom is -0.362 e. The third-order valence-electron chi connectivity index (χ3n) is 5.74. The smallest absolute Gasteiger partial charge is 0.362 e. The van der Waals surface area contributed by atoms with Crippen molar-refractivity contribution in [2.45, 2.75) is 63.3 Å². The van der Waals surface area contributed by atoms with Gasteiger partial charge in [0.25, 0.3) is 5.91 Å². The largest absolute Gasteiger partial charge is 0.410 e. The van der Waals surface area contributed by atoms with Crippen LogP contribution in [0, 0.1) is 0 Å². The number of hydrogen-bond donors (Lipinski definition) is 1. The SMILES string of the molecule is CC[C@@H]1CCCCN1C(=O)c1nn2c(c1Br)N[C@@H](c1cccs1)C[C@H]2C(F)(F)F. The lowest BCUT2D eigenvalue weighted by Gasteiger charge is -2.34. The lowest BCUT2D eigenvalue weighted by Crippen LogP contribution is -2.43. The molecular formula is C19H22BrF3N4OS. The molecule has 0 bridgehead atoms. The van der Waals surface area contributed by atoms with Gasteiger partial charge in [0.05, 0.1) is 10.5 Å². The van der Waals surface area contributed by atoms with Crippen LogP contribution < -0.4 is 5.32 Å². The zero-order valence-electron chi connectivity index (χ0n) is 15.9.